The lowest BCUT2D eigenvalue weighted by Crippen LogP contribution is -2.35. The van der Waals surface area contributed by atoms with Gasteiger partial charge in [-0.1, -0.05) is 18.2 Å². The summed E-state index contributed by atoms with van der Waals surface area (Å²) in [4.78, 5) is 13.2. The van der Waals surface area contributed by atoms with Gasteiger partial charge >= 0.3 is 0 Å². The molecule has 0 spiro atoms. The summed E-state index contributed by atoms with van der Waals surface area (Å²) in [5, 5.41) is 4.72. The Balaban J connectivity index is 1.76. The molecule has 0 fully saturated rings. The van der Waals surface area contributed by atoms with Gasteiger partial charge in [-0.2, -0.15) is 0 Å². The average Bonchev–Trinajstić information content (AvgIpc) is 3.05. The van der Waals surface area contributed by atoms with Crippen molar-refractivity contribution in [3.8, 4) is 0 Å². The number of benzene rings is 1. The molecule has 2 rings (SSSR count). The quantitative estimate of drug-likeness (QED) is 0.705. The maximum atomic E-state index is 12.3. The molecule has 0 aliphatic heterocycles. The number of aryl methyl sites for hydroxylation is 3. The van der Waals surface area contributed by atoms with Crippen molar-refractivity contribution in [2.45, 2.75) is 31.6 Å². The Kier molecular flexibility index (Phi) is 6.53. The first-order valence-corrected chi connectivity index (χ1v) is 10.1. The molecule has 0 atom stereocenters. The second kappa shape index (κ2) is 8.41. The molecular weight excluding hydrogens is 344 g/mol. The van der Waals surface area contributed by atoms with Crippen LogP contribution in [0, 0.1) is 13.8 Å². The molecule has 0 aliphatic rings. The maximum absolute atomic E-state index is 12.3. The maximum Gasteiger partial charge on any atom is 0.240 e. The summed E-state index contributed by atoms with van der Waals surface area (Å²) in [7, 11) is -3.56. The van der Waals surface area contributed by atoms with Crippen LogP contribution in [-0.4, -0.2) is 27.4 Å². The second-order valence-electron chi connectivity index (χ2n) is 5.60. The minimum absolute atomic E-state index is 0.0747. The molecule has 1 aromatic heterocycles. The minimum atomic E-state index is -3.56. The summed E-state index contributed by atoms with van der Waals surface area (Å²) in [5.41, 5.74) is 1.59. The largest absolute Gasteiger partial charge is 0.355 e. The molecule has 5 nitrogen and oxygen atoms in total. The zero-order valence-corrected chi connectivity index (χ0v) is 15.5. The van der Waals surface area contributed by atoms with Gasteiger partial charge in [0.1, 0.15) is 0 Å². The first-order chi connectivity index (χ1) is 11.4. The molecule has 0 bridgehead atoms. The van der Waals surface area contributed by atoms with E-state index < -0.39 is 10.0 Å². The van der Waals surface area contributed by atoms with Gasteiger partial charge in [-0.15, -0.1) is 11.3 Å². The fourth-order valence-corrected chi connectivity index (χ4v) is 4.31. The van der Waals surface area contributed by atoms with E-state index in [1.54, 1.807) is 30.4 Å². The van der Waals surface area contributed by atoms with Crippen LogP contribution < -0.4 is 10.0 Å². The van der Waals surface area contributed by atoms with Crippen LogP contribution in [0.4, 0.5) is 0 Å². The zero-order valence-electron chi connectivity index (χ0n) is 13.8. The van der Waals surface area contributed by atoms with Crippen LogP contribution in [0.25, 0.3) is 0 Å². The zero-order chi connectivity index (χ0) is 17.6. The monoisotopic (exact) mass is 366 g/mol. The first kappa shape index (κ1) is 18.6. The number of nitrogens with one attached hydrogen (secondary N) is 2. The molecular formula is C17H22N2O3S2. The van der Waals surface area contributed by atoms with Gasteiger partial charge in [0.25, 0.3) is 0 Å². The number of sulfonamides is 1. The van der Waals surface area contributed by atoms with E-state index in [2.05, 4.69) is 10.0 Å². The number of amides is 1. The second-order valence-corrected chi connectivity index (χ2v) is 8.36. The van der Waals surface area contributed by atoms with Crippen molar-refractivity contribution in [3.63, 3.8) is 0 Å². The third-order valence-corrected chi connectivity index (χ3v) is 6.09. The Morgan fingerprint density at radius 1 is 1.17 bits per heavy atom. The molecule has 0 unspecified atom stereocenters. The van der Waals surface area contributed by atoms with Crippen molar-refractivity contribution in [1.82, 2.24) is 10.0 Å². The third kappa shape index (κ3) is 5.43. The van der Waals surface area contributed by atoms with Crippen molar-refractivity contribution in [1.29, 1.82) is 0 Å². The molecule has 0 radical (unpaired) electrons. The molecule has 2 N–H and O–H groups in total. The van der Waals surface area contributed by atoms with Crippen LogP contribution in [0.3, 0.4) is 0 Å². The molecule has 0 saturated carbocycles. The highest BCUT2D eigenvalue weighted by molar-refractivity contribution is 7.89. The molecule has 1 amide bonds. The van der Waals surface area contributed by atoms with Crippen LogP contribution in [0.5, 0.6) is 0 Å². The van der Waals surface area contributed by atoms with Gasteiger partial charge in [0.2, 0.25) is 15.9 Å². The first-order valence-electron chi connectivity index (χ1n) is 7.74. The Labute approximate surface area is 147 Å². The van der Waals surface area contributed by atoms with Crippen molar-refractivity contribution >= 4 is 27.3 Å². The third-order valence-electron chi connectivity index (χ3n) is 3.55. The summed E-state index contributed by atoms with van der Waals surface area (Å²) in [6.45, 7) is 4.06. The fraction of sp³-hybridized carbons (Fsp3) is 0.353. The highest BCUT2D eigenvalue weighted by Gasteiger charge is 2.16. The van der Waals surface area contributed by atoms with E-state index in [-0.39, 0.29) is 23.9 Å². The van der Waals surface area contributed by atoms with Crippen LogP contribution in [-0.2, 0) is 21.2 Å². The van der Waals surface area contributed by atoms with E-state index in [1.165, 1.54) is 4.88 Å². The van der Waals surface area contributed by atoms with Gasteiger partial charge in [0.05, 0.1) is 4.90 Å². The van der Waals surface area contributed by atoms with E-state index in [0.717, 1.165) is 5.56 Å². The molecule has 1 aromatic carbocycles. The predicted octanol–water partition coefficient (Wildman–Crippen LogP) is 2.39. The Bertz CT molecular complexity index is 784. The van der Waals surface area contributed by atoms with Crippen LogP contribution in [0.1, 0.15) is 22.4 Å². The van der Waals surface area contributed by atoms with Gasteiger partial charge in [0, 0.05) is 24.4 Å². The van der Waals surface area contributed by atoms with E-state index in [4.69, 9.17) is 0 Å². The number of hydrogen-bond donors (Lipinski definition) is 2. The van der Waals surface area contributed by atoms with E-state index in [1.807, 2.05) is 30.5 Å². The molecule has 7 heteroatoms. The lowest BCUT2D eigenvalue weighted by Gasteiger charge is -2.10. The summed E-state index contributed by atoms with van der Waals surface area (Å²) in [6.07, 6.45) is 1.11. The number of carbonyl (C=O) groups is 1. The molecule has 1 heterocycles. The van der Waals surface area contributed by atoms with Crippen LogP contribution in [0.15, 0.2) is 40.6 Å². The van der Waals surface area contributed by atoms with Gasteiger partial charge in [0.15, 0.2) is 0 Å². The molecule has 0 saturated heterocycles. The van der Waals surface area contributed by atoms with Crippen molar-refractivity contribution in [2.24, 2.45) is 0 Å². The number of thiophene rings is 1. The summed E-state index contributed by atoms with van der Waals surface area (Å²) < 4.78 is 27.1. The summed E-state index contributed by atoms with van der Waals surface area (Å²) >= 11 is 1.63. The SMILES string of the molecule is Cc1ccc(C)c(S(=O)(=O)NCCNC(=O)CCc2cccs2)c1. The Hall–Kier alpha value is -1.70. The highest BCUT2D eigenvalue weighted by Crippen LogP contribution is 2.16. The van der Waals surface area contributed by atoms with Gasteiger partial charge in [-0.25, -0.2) is 13.1 Å². The Morgan fingerprint density at radius 3 is 2.67 bits per heavy atom. The topological polar surface area (TPSA) is 75.3 Å². The molecule has 2 aromatic rings. The van der Waals surface area contributed by atoms with E-state index >= 15 is 0 Å². The molecule has 0 aliphatic carbocycles. The number of rotatable bonds is 8. The van der Waals surface area contributed by atoms with Crippen molar-refractivity contribution in [3.05, 3.63) is 51.7 Å². The predicted molar refractivity (Wildman–Crippen MR) is 96.8 cm³/mol. The van der Waals surface area contributed by atoms with Crippen molar-refractivity contribution in [2.75, 3.05) is 13.1 Å². The van der Waals surface area contributed by atoms with Gasteiger partial charge in [-0.05, 0) is 48.9 Å². The number of hydrogen-bond acceptors (Lipinski definition) is 4. The highest BCUT2D eigenvalue weighted by atomic mass is 32.2. The standard InChI is InChI=1S/C17H22N2O3S2/c1-13-5-6-14(2)16(12-13)24(21,22)19-10-9-18-17(20)8-7-15-4-3-11-23-15/h3-6,11-12,19H,7-10H2,1-2H3,(H,18,20). The summed E-state index contributed by atoms with van der Waals surface area (Å²) in [6, 6.07) is 9.27. The minimum Gasteiger partial charge on any atom is -0.355 e. The number of carbonyl (C=O) groups excluding carboxylic acids is 1. The van der Waals surface area contributed by atoms with Gasteiger partial charge in [-0.3, -0.25) is 4.79 Å². The molecule has 130 valence electrons. The average molecular weight is 367 g/mol. The van der Waals surface area contributed by atoms with E-state index in [0.29, 0.717) is 18.4 Å². The van der Waals surface area contributed by atoms with Crippen LogP contribution in [0.2, 0.25) is 0 Å². The normalized spacial score (nSPS) is 11.4. The fourth-order valence-electron chi connectivity index (χ4n) is 2.24. The smallest absolute Gasteiger partial charge is 0.240 e. The lowest BCUT2D eigenvalue weighted by atomic mass is 10.2. The molecule has 24 heavy (non-hydrogen) atoms. The van der Waals surface area contributed by atoms with E-state index in [9.17, 15) is 13.2 Å². The Morgan fingerprint density at radius 2 is 1.96 bits per heavy atom. The van der Waals surface area contributed by atoms with Gasteiger partial charge < -0.3 is 5.32 Å². The van der Waals surface area contributed by atoms with Crippen LogP contribution >= 0.6 is 11.3 Å². The van der Waals surface area contributed by atoms with Crippen molar-refractivity contribution < 1.29 is 13.2 Å². The summed E-state index contributed by atoms with van der Waals surface area (Å²) in [5.74, 6) is -0.0747. The lowest BCUT2D eigenvalue weighted by molar-refractivity contribution is -0.121.